The smallest absolute Gasteiger partial charge is 0.389 e. The minimum atomic E-state index is -4.50. The average Bonchev–Trinajstić information content (AvgIpc) is 3.00. The highest BCUT2D eigenvalue weighted by Gasteiger charge is 2.49. The fourth-order valence-corrected chi connectivity index (χ4v) is 6.01. The maximum absolute atomic E-state index is 13.6. The van der Waals surface area contributed by atoms with Crippen molar-refractivity contribution in [2.24, 2.45) is 22.5 Å². The number of halogens is 3. The normalized spacial score (nSPS) is 14.5. The average molecular weight is 674 g/mol. The Morgan fingerprint density at radius 1 is 0.917 bits per heavy atom. The number of nitrogens with two attached hydrogens (primary N) is 1. The van der Waals surface area contributed by atoms with Crippen LogP contribution in [0.25, 0.3) is 22.1 Å². The second-order valence-electron chi connectivity index (χ2n) is 14.8. The van der Waals surface area contributed by atoms with Crippen LogP contribution in [0.3, 0.4) is 0 Å². The van der Waals surface area contributed by atoms with Crippen LogP contribution in [-0.4, -0.2) is 30.9 Å². The molecule has 0 saturated carbocycles. The molecule has 2 atom stereocenters. The van der Waals surface area contributed by atoms with Gasteiger partial charge in [0.15, 0.2) is 0 Å². The summed E-state index contributed by atoms with van der Waals surface area (Å²) in [6.45, 7) is 14.6. The SMILES string of the molecule is CCCCCc1ccc(-c2cc3ccc(OCC(COC(=O)C(C)(CC(C)(C)CC)C(C)(C)N)CC(F)(F)F)cc3oc2=O)c(CC)c1. The lowest BCUT2D eigenvalue weighted by atomic mass is 9.64. The van der Waals surface area contributed by atoms with Gasteiger partial charge in [-0.3, -0.25) is 4.79 Å². The Balaban J connectivity index is 1.79. The van der Waals surface area contributed by atoms with Crippen LogP contribution in [0, 0.1) is 16.7 Å². The van der Waals surface area contributed by atoms with Crippen LogP contribution in [0.1, 0.15) is 105 Å². The van der Waals surface area contributed by atoms with Crippen molar-refractivity contribution in [3.63, 3.8) is 0 Å². The number of hydrogen-bond acceptors (Lipinski definition) is 6. The van der Waals surface area contributed by atoms with Crippen molar-refractivity contribution in [2.75, 3.05) is 13.2 Å². The minimum absolute atomic E-state index is 0.235. The minimum Gasteiger partial charge on any atom is -0.493 e. The summed E-state index contributed by atoms with van der Waals surface area (Å²) in [4.78, 5) is 26.6. The molecular weight excluding hydrogens is 619 g/mol. The molecule has 1 heterocycles. The van der Waals surface area contributed by atoms with Crippen LogP contribution < -0.4 is 16.1 Å². The lowest BCUT2D eigenvalue weighted by molar-refractivity contribution is -0.171. The molecule has 0 amide bonds. The molecule has 0 aliphatic heterocycles. The van der Waals surface area contributed by atoms with Crippen molar-refractivity contribution in [2.45, 2.75) is 118 Å². The monoisotopic (exact) mass is 673 g/mol. The zero-order valence-electron chi connectivity index (χ0n) is 29.9. The van der Waals surface area contributed by atoms with Crippen molar-refractivity contribution in [3.8, 4) is 16.9 Å². The molecule has 0 bridgehead atoms. The Kier molecular flexibility index (Phi) is 13.0. The third-order valence-corrected chi connectivity index (χ3v) is 9.73. The first kappa shape index (κ1) is 39.1. The quantitative estimate of drug-likeness (QED) is 0.0872. The molecule has 0 saturated heterocycles. The van der Waals surface area contributed by atoms with Gasteiger partial charge in [0.1, 0.15) is 11.3 Å². The molecule has 266 valence electrons. The largest absolute Gasteiger partial charge is 0.493 e. The summed E-state index contributed by atoms with van der Waals surface area (Å²) in [7, 11) is 0. The second kappa shape index (κ2) is 15.9. The lowest BCUT2D eigenvalue weighted by Gasteiger charge is -2.44. The van der Waals surface area contributed by atoms with Gasteiger partial charge in [-0.25, -0.2) is 4.79 Å². The van der Waals surface area contributed by atoms with Crippen molar-refractivity contribution in [3.05, 3.63) is 64.0 Å². The Morgan fingerprint density at radius 3 is 2.23 bits per heavy atom. The van der Waals surface area contributed by atoms with Gasteiger partial charge in [-0.15, -0.1) is 0 Å². The van der Waals surface area contributed by atoms with Gasteiger partial charge in [0.2, 0.25) is 0 Å². The van der Waals surface area contributed by atoms with Gasteiger partial charge >= 0.3 is 17.8 Å². The van der Waals surface area contributed by atoms with E-state index in [1.54, 1.807) is 39.0 Å². The Morgan fingerprint density at radius 2 is 1.62 bits per heavy atom. The third kappa shape index (κ3) is 10.3. The van der Waals surface area contributed by atoms with Gasteiger partial charge in [-0.2, -0.15) is 13.2 Å². The molecule has 0 radical (unpaired) electrons. The fourth-order valence-electron chi connectivity index (χ4n) is 6.01. The van der Waals surface area contributed by atoms with Gasteiger partial charge in [0.25, 0.3) is 0 Å². The van der Waals surface area contributed by atoms with E-state index in [-0.39, 0.29) is 23.4 Å². The fraction of sp³-hybridized carbons (Fsp3) is 0.590. The van der Waals surface area contributed by atoms with Crippen LogP contribution in [0.2, 0.25) is 0 Å². The molecule has 2 N–H and O–H groups in total. The third-order valence-electron chi connectivity index (χ3n) is 9.73. The van der Waals surface area contributed by atoms with Crippen molar-refractivity contribution in [1.82, 2.24) is 0 Å². The predicted molar refractivity (Wildman–Crippen MR) is 186 cm³/mol. The van der Waals surface area contributed by atoms with E-state index in [4.69, 9.17) is 19.6 Å². The van der Waals surface area contributed by atoms with Gasteiger partial charge in [-0.05, 0) is 86.8 Å². The Bertz CT molecular complexity index is 1590. The molecule has 3 aromatic rings. The zero-order valence-corrected chi connectivity index (χ0v) is 29.9. The predicted octanol–water partition coefficient (Wildman–Crippen LogP) is 9.82. The van der Waals surface area contributed by atoms with Crippen LogP contribution in [0.4, 0.5) is 13.2 Å². The van der Waals surface area contributed by atoms with E-state index in [1.165, 1.54) is 18.1 Å². The molecular formula is C39H54F3NO5. The number of fused-ring (bicyclic) bond motifs is 1. The molecule has 0 spiro atoms. The first-order chi connectivity index (χ1) is 22.3. The Labute approximate surface area is 283 Å². The zero-order chi connectivity index (χ0) is 35.9. The molecule has 0 fully saturated rings. The molecule has 3 rings (SSSR count). The molecule has 48 heavy (non-hydrogen) atoms. The highest BCUT2D eigenvalue weighted by molar-refractivity contribution is 5.83. The highest BCUT2D eigenvalue weighted by atomic mass is 19.4. The number of aryl methyl sites for hydroxylation is 2. The number of unbranched alkanes of at least 4 members (excludes halogenated alkanes) is 2. The number of alkyl halides is 3. The van der Waals surface area contributed by atoms with Crippen LogP contribution in [0.15, 0.2) is 51.7 Å². The number of ether oxygens (including phenoxy) is 2. The molecule has 0 aliphatic rings. The van der Waals surface area contributed by atoms with Crippen LogP contribution in [0.5, 0.6) is 5.75 Å². The summed E-state index contributed by atoms with van der Waals surface area (Å²) < 4.78 is 57.7. The number of esters is 1. The number of benzene rings is 2. The molecule has 6 nitrogen and oxygen atoms in total. The van der Waals surface area contributed by atoms with Crippen LogP contribution in [-0.2, 0) is 22.4 Å². The molecule has 2 unspecified atom stereocenters. The van der Waals surface area contributed by atoms with Gasteiger partial charge in [0, 0.05) is 22.9 Å². The molecule has 0 aliphatic carbocycles. The summed E-state index contributed by atoms with van der Waals surface area (Å²) in [6.07, 6.45) is 0.685. The van der Waals surface area contributed by atoms with Crippen molar-refractivity contribution in [1.29, 1.82) is 0 Å². The Hall–Kier alpha value is -3.33. The van der Waals surface area contributed by atoms with Gasteiger partial charge < -0.3 is 19.6 Å². The maximum atomic E-state index is 13.6. The topological polar surface area (TPSA) is 91.8 Å². The summed E-state index contributed by atoms with van der Waals surface area (Å²) >= 11 is 0. The number of carbonyl (C=O) groups is 1. The summed E-state index contributed by atoms with van der Waals surface area (Å²) in [5.74, 6) is -1.56. The van der Waals surface area contributed by atoms with E-state index >= 15 is 0 Å². The molecule has 1 aromatic heterocycles. The van der Waals surface area contributed by atoms with E-state index in [0.717, 1.165) is 43.2 Å². The van der Waals surface area contributed by atoms with E-state index in [0.29, 0.717) is 17.4 Å². The van der Waals surface area contributed by atoms with Crippen molar-refractivity contribution >= 4 is 16.9 Å². The summed E-state index contributed by atoms with van der Waals surface area (Å²) in [5.41, 5.74) is 7.42. The highest BCUT2D eigenvalue weighted by Crippen LogP contribution is 2.43. The summed E-state index contributed by atoms with van der Waals surface area (Å²) in [5, 5.41) is 0.658. The number of rotatable bonds is 17. The van der Waals surface area contributed by atoms with E-state index in [1.807, 2.05) is 26.8 Å². The van der Waals surface area contributed by atoms with E-state index < -0.39 is 47.7 Å². The molecule has 2 aromatic carbocycles. The maximum Gasteiger partial charge on any atom is 0.389 e. The molecule has 9 heteroatoms. The second-order valence-corrected chi connectivity index (χ2v) is 14.8. The number of carbonyl (C=O) groups excluding carboxylic acids is 1. The lowest BCUT2D eigenvalue weighted by Crippen LogP contribution is -2.56. The van der Waals surface area contributed by atoms with Crippen molar-refractivity contribution < 1.29 is 31.9 Å². The summed E-state index contributed by atoms with van der Waals surface area (Å²) in [6, 6.07) is 12.8. The first-order valence-electron chi connectivity index (χ1n) is 17.2. The van der Waals surface area contributed by atoms with E-state index in [2.05, 4.69) is 26.0 Å². The van der Waals surface area contributed by atoms with Gasteiger partial charge in [-0.1, -0.05) is 72.1 Å². The standard InChI is InChI=1S/C39H54F3NO5/c1-9-12-13-14-26-15-18-31(28(10-2)19-26)32-20-29-16-17-30(21-33(29)48-34(32)44)46-23-27(22-39(40,41)42)24-47-35(45)38(8,37(6,7)43)25-36(4,5)11-3/h15-21,27H,9-14,22-25,43H2,1-8H3. The first-order valence-corrected chi connectivity index (χ1v) is 17.2. The van der Waals surface area contributed by atoms with E-state index in [9.17, 15) is 22.8 Å². The van der Waals surface area contributed by atoms with Crippen LogP contribution >= 0.6 is 0 Å². The van der Waals surface area contributed by atoms with Gasteiger partial charge in [0.05, 0.1) is 30.6 Å². The number of hydrogen-bond donors (Lipinski definition) is 1.